The lowest BCUT2D eigenvalue weighted by Crippen LogP contribution is -2.25. The Morgan fingerprint density at radius 1 is 1.42 bits per heavy atom. The third-order valence-electron chi connectivity index (χ3n) is 2.58. The summed E-state index contributed by atoms with van der Waals surface area (Å²) >= 11 is 0. The first-order chi connectivity index (χ1) is 8.56. The summed E-state index contributed by atoms with van der Waals surface area (Å²) in [6.07, 6.45) is 1.64. The maximum absolute atomic E-state index is 11.7. The molecule has 106 valence electrons. The summed E-state index contributed by atoms with van der Waals surface area (Å²) in [5.74, 6) is -0.296. The van der Waals surface area contributed by atoms with Gasteiger partial charge in [-0.2, -0.15) is 0 Å². The summed E-state index contributed by atoms with van der Waals surface area (Å²) in [5, 5.41) is 13.5. The second kappa shape index (κ2) is 8.44. The van der Waals surface area contributed by atoms with Crippen LogP contribution in [0.2, 0.25) is 0 Å². The zero-order chi connectivity index (χ0) is 13.5. The molecule has 0 saturated heterocycles. The molecule has 0 spiro atoms. The van der Waals surface area contributed by atoms with Crippen LogP contribution >= 0.6 is 12.4 Å². The highest BCUT2D eigenvalue weighted by molar-refractivity contribution is 5.94. The highest BCUT2D eigenvalue weighted by Crippen LogP contribution is 2.19. The largest absolute Gasteiger partial charge is 0.352 e. The van der Waals surface area contributed by atoms with Crippen LogP contribution in [-0.2, 0) is 0 Å². The minimum atomic E-state index is -0.486. The van der Waals surface area contributed by atoms with Gasteiger partial charge in [-0.25, -0.2) is 0 Å². The van der Waals surface area contributed by atoms with E-state index in [-0.39, 0.29) is 24.0 Å². The third-order valence-corrected chi connectivity index (χ3v) is 2.58. The molecule has 0 radical (unpaired) electrons. The quantitative estimate of drug-likeness (QED) is 0.473. The molecule has 0 atom stereocenters. The second-order valence-corrected chi connectivity index (χ2v) is 4.01. The van der Waals surface area contributed by atoms with Crippen molar-refractivity contribution in [1.82, 2.24) is 5.32 Å². The zero-order valence-corrected chi connectivity index (χ0v) is 11.5. The molecule has 0 aromatic heterocycles. The average molecular weight is 288 g/mol. The predicted octanol–water partition coefficient (Wildman–Crippen LogP) is 1.79. The third kappa shape index (κ3) is 5.23. The molecule has 1 aromatic rings. The molecule has 0 aliphatic carbocycles. The first-order valence-electron chi connectivity index (χ1n) is 5.79. The van der Waals surface area contributed by atoms with Crippen LogP contribution in [0.15, 0.2) is 18.2 Å². The Morgan fingerprint density at radius 2 is 2.11 bits per heavy atom. The Morgan fingerprint density at radius 3 is 2.68 bits per heavy atom. The van der Waals surface area contributed by atoms with E-state index in [1.807, 2.05) is 0 Å². The molecule has 0 aliphatic rings. The number of amides is 1. The van der Waals surface area contributed by atoms with Gasteiger partial charge in [0, 0.05) is 23.7 Å². The molecule has 0 unspecified atom stereocenters. The first kappa shape index (κ1) is 17.3. The number of carbonyl (C=O) groups excluding carboxylic acids is 1. The Kier molecular flexibility index (Phi) is 7.71. The van der Waals surface area contributed by atoms with E-state index in [2.05, 4.69) is 5.32 Å². The van der Waals surface area contributed by atoms with Gasteiger partial charge < -0.3 is 11.1 Å². The molecule has 6 nitrogen and oxygen atoms in total. The van der Waals surface area contributed by atoms with Crippen molar-refractivity contribution in [2.75, 3.05) is 13.1 Å². The van der Waals surface area contributed by atoms with Gasteiger partial charge in [-0.15, -0.1) is 12.4 Å². The number of rotatable bonds is 6. The van der Waals surface area contributed by atoms with Gasteiger partial charge in [0.15, 0.2) is 0 Å². The maximum Gasteiger partial charge on any atom is 0.273 e. The minimum absolute atomic E-state index is 0. The standard InChI is InChI=1S/C12H17N3O3.ClH/c1-9-4-5-10(8-11(9)15(17)18)12(16)14-7-3-2-6-13;/h4-5,8H,2-3,6-7,13H2,1H3,(H,14,16);1H. The van der Waals surface area contributed by atoms with E-state index in [1.54, 1.807) is 19.1 Å². The number of aryl methyl sites for hydroxylation is 1. The summed E-state index contributed by atoms with van der Waals surface area (Å²) in [5.41, 5.74) is 6.15. The number of nitrogens with two attached hydrogens (primary N) is 1. The number of nitro benzene ring substituents is 1. The minimum Gasteiger partial charge on any atom is -0.352 e. The molecule has 0 aliphatic heterocycles. The Balaban J connectivity index is 0.00000324. The molecule has 1 aromatic carbocycles. The van der Waals surface area contributed by atoms with Crippen LogP contribution < -0.4 is 11.1 Å². The summed E-state index contributed by atoms with van der Waals surface area (Å²) < 4.78 is 0. The van der Waals surface area contributed by atoms with E-state index in [9.17, 15) is 14.9 Å². The van der Waals surface area contributed by atoms with Gasteiger partial charge in [0.25, 0.3) is 11.6 Å². The zero-order valence-electron chi connectivity index (χ0n) is 10.7. The van der Waals surface area contributed by atoms with Crippen LogP contribution in [0.1, 0.15) is 28.8 Å². The van der Waals surface area contributed by atoms with Crippen molar-refractivity contribution in [3.63, 3.8) is 0 Å². The van der Waals surface area contributed by atoms with Crippen LogP contribution in [0.3, 0.4) is 0 Å². The monoisotopic (exact) mass is 287 g/mol. The van der Waals surface area contributed by atoms with Crippen molar-refractivity contribution in [2.45, 2.75) is 19.8 Å². The number of carbonyl (C=O) groups is 1. The van der Waals surface area contributed by atoms with E-state index in [0.29, 0.717) is 24.2 Å². The highest BCUT2D eigenvalue weighted by Gasteiger charge is 2.14. The fraction of sp³-hybridized carbons (Fsp3) is 0.417. The van der Waals surface area contributed by atoms with Crippen molar-refractivity contribution < 1.29 is 9.72 Å². The van der Waals surface area contributed by atoms with Gasteiger partial charge >= 0.3 is 0 Å². The fourth-order valence-electron chi connectivity index (χ4n) is 1.52. The Bertz CT molecular complexity index is 452. The summed E-state index contributed by atoms with van der Waals surface area (Å²) in [6.45, 7) is 2.75. The molecule has 0 saturated carbocycles. The molecule has 1 rings (SSSR count). The lowest BCUT2D eigenvalue weighted by molar-refractivity contribution is -0.385. The number of halogens is 1. The van der Waals surface area contributed by atoms with E-state index in [0.717, 1.165) is 12.8 Å². The van der Waals surface area contributed by atoms with Crippen molar-refractivity contribution in [2.24, 2.45) is 5.73 Å². The summed E-state index contributed by atoms with van der Waals surface area (Å²) in [4.78, 5) is 22.0. The summed E-state index contributed by atoms with van der Waals surface area (Å²) in [6, 6.07) is 4.46. The molecular formula is C12H18ClN3O3. The Labute approximate surface area is 117 Å². The summed E-state index contributed by atoms with van der Waals surface area (Å²) in [7, 11) is 0. The van der Waals surface area contributed by atoms with Crippen LogP contribution in [0.5, 0.6) is 0 Å². The highest BCUT2D eigenvalue weighted by atomic mass is 35.5. The SMILES string of the molecule is Cc1ccc(C(=O)NCCCCN)cc1[N+](=O)[O-].Cl. The number of hydrogen-bond donors (Lipinski definition) is 2. The van der Waals surface area contributed by atoms with Gasteiger partial charge in [0.1, 0.15) is 0 Å². The van der Waals surface area contributed by atoms with E-state index in [4.69, 9.17) is 5.73 Å². The molecule has 3 N–H and O–H groups in total. The van der Waals surface area contributed by atoms with Crippen LogP contribution in [0.25, 0.3) is 0 Å². The van der Waals surface area contributed by atoms with Gasteiger partial charge in [-0.1, -0.05) is 6.07 Å². The van der Waals surface area contributed by atoms with E-state index in [1.165, 1.54) is 6.07 Å². The van der Waals surface area contributed by atoms with Gasteiger partial charge in [-0.05, 0) is 32.4 Å². The fourth-order valence-corrected chi connectivity index (χ4v) is 1.52. The molecule has 0 heterocycles. The molecular weight excluding hydrogens is 270 g/mol. The molecule has 0 bridgehead atoms. The topological polar surface area (TPSA) is 98.3 Å². The van der Waals surface area contributed by atoms with Crippen LogP contribution in [0.4, 0.5) is 5.69 Å². The van der Waals surface area contributed by atoms with Crippen molar-refractivity contribution >= 4 is 24.0 Å². The first-order valence-corrected chi connectivity index (χ1v) is 5.79. The van der Waals surface area contributed by atoms with Gasteiger partial charge in [0.05, 0.1) is 4.92 Å². The van der Waals surface area contributed by atoms with E-state index >= 15 is 0 Å². The number of nitro groups is 1. The predicted molar refractivity (Wildman–Crippen MR) is 75.7 cm³/mol. The molecule has 0 fully saturated rings. The number of nitrogens with one attached hydrogen (secondary N) is 1. The molecule has 7 heteroatoms. The normalized spacial score (nSPS) is 9.58. The number of hydrogen-bond acceptors (Lipinski definition) is 4. The van der Waals surface area contributed by atoms with Crippen LogP contribution in [0, 0.1) is 17.0 Å². The molecule has 1 amide bonds. The lowest BCUT2D eigenvalue weighted by Gasteiger charge is -2.05. The molecule has 19 heavy (non-hydrogen) atoms. The van der Waals surface area contributed by atoms with Crippen molar-refractivity contribution in [3.05, 3.63) is 39.4 Å². The van der Waals surface area contributed by atoms with Gasteiger partial charge in [0.2, 0.25) is 0 Å². The number of nitrogens with zero attached hydrogens (tertiary/aromatic N) is 1. The van der Waals surface area contributed by atoms with E-state index < -0.39 is 4.92 Å². The maximum atomic E-state index is 11.7. The van der Waals surface area contributed by atoms with Crippen molar-refractivity contribution in [3.8, 4) is 0 Å². The number of unbranched alkanes of at least 4 members (excludes halogenated alkanes) is 1. The number of benzene rings is 1. The van der Waals surface area contributed by atoms with Crippen LogP contribution in [-0.4, -0.2) is 23.9 Å². The average Bonchev–Trinajstić information content (AvgIpc) is 2.34. The smallest absolute Gasteiger partial charge is 0.273 e. The van der Waals surface area contributed by atoms with Gasteiger partial charge in [-0.3, -0.25) is 14.9 Å². The lowest BCUT2D eigenvalue weighted by atomic mass is 10.1. The van der Waals surface area contributed by atoms with Crippen molar-refractivity contribution in [1.29, 1.82) is 0 Å². The second-order valence-electron chi connectivity index (χ2n) is 4.01. The Hall–Kier alpha value is -1.66.